The zero-order chi connectivity index (χ0) is 19.5. The highest BCUT2D eigenvalue weighted by Crippen LogP contribution is 2.34. The Labute approximate surface area is 171 Å². The molecule has 0 bridgehead atoms. The standard InChI is InChI=1S/C21H20N4OS2/c1-3-25-20(17-12-27-18-10-5-4-9-16(17)18)23-24-21(25)28-13-19(26)22-15-8-6-7-14(2)11-15/h4-12H,3,13H2,1-2H3,(H,22,26). The van der Waals surface area contributed by atoms with Crippen molar-refractivity contribution in [3.63, 3.8) is 0 Å². The van der Waals surface area contributed by atoms with E-state index in [1.807, 2.05) is 43.3 Å². The van der Waals surface area contributed by atoms with E-state index in [2.05, 4.69) is 44.5 Å². The fraction of sp³-hybridized carbons (Fsp3) is 0.190. The smallest absolute Gasteiger partial charge is 0.234 e. The lowest BCUT2D eigenvalue weighted by atomic mass is 10.1. The molecule has 4 rings (SSSR count). The summed E-state index contributed by atoms with van der Waals surface area (Å²) >= 11 is 3.11. The molecule has 0 radical (unpaired) electrons. The fourth-order valence-electron chi connectivity index (χ4n) is 3.08. The highest BCUT2D eigenvalue weighted by molar-refractivity contribution is 7.99. The number of nitrogens with zero attached hydrogens (tertiary/aromatic N) is 3. The number of aromatic nitrogens is 3. The second-order valence-corrected chi connectivity index (χ2v) is 8.26. The second kappa shape index (κ2) is 8.16. The predicted octanol–water partition coefficient (Wildman–Crippen LogP) is 5.22. The van der Waals surface area contributed by atoms with Crippen molar-refractivity contribution in [2.75, 3.05) is 11.1 Å². The van der Waals surface area contributed by atoms with Gasteiger partial charge < -0.3 is 9.88 Å². The second-order valence-electron chi connectivity index (χ2n) is 6.40. The topological polar surface area (TPSA) is 59.8 Å². The van der Waals surface area contributed by atoms with Crippen molar-refractivity contribution in [1.29, 1.82) is 0 Å². The predicted molar refractivity (Wildman–Crippen MR) is 117 cm³/mol. The minimum Gasteiger partial charge on any atom is -0.325 e. The summed E-state index contributed by atoms with van der Waals surface area (Å²) < 4.78 is 3.30. The molecule has 5 nitrogen and oxygen atoms in total. The number of nitrogens with one attached hydrogen (secondary N) is 1. The van der Waals surface area contributed by atoms with E-state index in [9.17, 15) is 4.79 Å². The van der Waals surface area contributed by atoms with E-state index in [1.165, 1.54) is 21.8 Å². The molecule has 0 saturated carbocycles. The molecule has 0 unspecified atom stereocenters. The van der Waals surface area contributed by atoms with Crippen LogP contribution in [0.4, 0.5) is 5.69 Å². The van der Waals surface area contributed by atoms with E-state index in [0.29, 0.717) is 0 Å². The Morgan fingerprint density at radius 3 is 2.86 bits per heavy atom. The van der Waals surface area contributed by atoms with Gasteiger partial charge >= 0.3 is 0 Å². The number of hydrogen-bond acceptors (Lipinski definition) is 5. The van der Waals surface area contributed by atoms with Crippen molar-refractivity contribution < 1.29 is 4.79 Å². The van der Waals surface area contributed by atoms with Crippen LogP contribution in [0.15, 0.2) is 59.1 Å². The van der Waals surface area contributed by atoms with Gasteiger partial charge in [-0.2, -0.15) is 0 Å². The maximum atomic E-state index is 12.3. The van der Waals surface area contributed by atoms with E-state index in [1.54, 1.807) is 11.3 Å². The van der Waals surface area contributed by atoms with Gasteiger partial charge in [-0.3, -0.25) is 4.79 Å². The van der Waals surface area contributed by atoms with Crippen LogP contribution >= 0.6 is 23.1 Å². The number of hydrogen-bond donors (Lipinski definition) is 1. The lowest BCUT2D eigenvalue weighted by Crippen LogP contribution is -2.14. The van der Waals surface area contributed by atoms with Gasteiger partial charge in [-0.05, 0) is 37.6 Å². The molecule has 2 heterocycles. The van der Waals surface area contributed by atoms with Crippen molar-refractivity contribution >= 4 is 44.8 Å². The van der Waals surface area contributed by atoms with E-state index in [0.717, 1.165) is 34.3 Å². The van der Waals surface area contributed by atoms with Crippen LogP contribution in [0.2, 0.25) is 0 Å². The normalized spacial score (nSPS) is 11.1. The third kappa shape index (κ3) is 3.81. The number of fused-ring (bicyclic) bond motifs is 1. The van der Waals surface area contributed by atoms with Crippen LogP contribution in [0, 0.1) is 6.92 Å². The Kier molecular flexibility index (Phi) is 5.45. The molecule has 2 aromatic heterocycles. The fourth-order valence-corrected chi connectivity index (χ4v) is 4.82. The summed E-state index contributed by atoms with van der Waals surface area (Å²) in [5.74, 6) is 1.08. The maximum absolute atomic E-state index is 12.3. The third-order valence-corrected chi connectivity index (χ3v) is 6.32. The molecular formula is C21H20N4OS2. The van der Waals surface area contributed by atoms with Gasteiger partial charge in [-0.1, -0.05) is 42.1 Å². The summed E-state index contributed by atoms with van der Waals surface area (Å²) in [6.07, 6.45) is 0. The number of thiophene rings is 1. The van der Waals surface area contributed by atoms with Crippen molar-refractivity contribution in [2.24, 2.45) is 0 Å². The number of rotatable bonds is 6. The first-order valence-corrected chi connectivity index (χ1v) is 10.9. The number of aryl methyl sites for hydroxylation is 1. The zero-order valence-electron chi connectivity index (χ0n) is 15.7. The summed E-state index contributed by atoms with van der Waals surface area (Å²) in [7, 11) is 0. The van der Waals surface area contributed by atoms with Crippen LogP contribution in [0.3, 0.4) is 0 Å². The Morgan fingerprint density at radius 2 is 2.04 bits per heavy atom. The van der Waals surface area contributed by atoms with Gasteiger partial charge in [-0.25, -0.2) is 0 Å². The van der Waals surface area contributed by atoms with Gasteiger partial charge in [0, 0.05) is 33.3 Å². The minimum absolute atomic E-state index is 0.0520. The molecule has 7 heteroatoms. The van der Waals surface area contributed by atoms with E-state index in [-0.39, 0.29) is 11.7 Å². The van der Waals surface area contributed by atoms with Gasteiger partial charge in [0.1, 0.15) is 0 Å². The highest BCUT2D eigenvalue weighted by Gasteiger charge is 2.17. The largest absolute Gasteiger partial charge is 0.325 e. The molecule has 0 aliphatic heterocycles. The number of amides is 1. The van der Waals surface area contributed by atoms with Crippen molar-refractivity contribution in [1.82, 2.24) is 14.8 Å². The average Bonchev–Trinajstić information content (AvgIpc) is 3.29. The SMILES string of the molecule is CCn1c(SCC(=O)Nc2cccc(C)c2)nnc1-c1csc2ccccc12. The van der Waals surface area contributed by atoms with E-state index >= 15 is 0 Å². The molecule has 0 saturated heterocycles. The molecule has 2 aromatic carbocycles. The van der Waals surface area contributed by atoms with Gasteiger partial charge in [0.15, 0.2) is 11.0 Å². The molecule has 0 aliphatic carbocycles. The first-order chi connectivity index (χ1) is 13.7. The average molecular weight is 409 g/mol. The van der Waals surface area contributed by atoms with E-state index in [4.69, 9.17) is 0 Å². The van der Waals surface area contributed by atoms with Gasteiger partial charge in [0.2, 0.25) is 5.91 Å². The number of carbonyl (C=O) groups excluding carboxylic acids is 1. The molecule has 0 aliphatic rings. The van der Waals surface area contributed by atoms with Crippen LogP contribution < -0.4 is 5.32 Å². The third-order valence-electron chi connectivity index (χ3n) is 4.39. The first kappa shape index (κ1) is 18.7. The molecule has 0 fully saturated rings. The van der Waals surface area contributed by atoms with Crippen LogP contribution in [0.25, 0.3) is 21.5 Å². The van der Waals surface area contributed by atoms with Gasteiger partial charge in [0.25, 0.3) is 0 Å². The molecule has 0 atom stereocenters. The van der Waals surface area contributed by atoms with E-state index < -0.39 is 0 Å². The summed E-state index contributed by atoms with van der Waals surface area (Å²) in [5.41, 5.74) is 3.02. The number of thioether (sulfide) groups is 1. The lowest BCUT2D eigenvalue weighted by molar-refractivity contribution is -0.113. The highest BCUT2D eigenvalue weighted by atomic mass is 32.2. The van der Waals surface area contributed by atoms with Crippen LogP contribution in [-0.4, -0.2) is 26.4 Å². The van der Waals surface area contributed by atoms with Crippen LogP contribution in [0.1, 0.15) is 12.5 Å². The molecule has 1 amide bonds. The van der Waals surface area contributed by atoms with Crippen molar-refractivity contribution in [2.45, 2.75) is 25.5 Å². The summed E-state index contributed by atoms with van der Waals surface area (Å²) in [4.78, 5) is 12.3. The Bertz CT molecular complexity index is 1130. The van der Waals surface area contributed by atoms with Crippen molar-refractivity contribution in [3.05, 3.63) is 59.5 Å². The molecular weight excluding hydrogens is 388 g/mol. The Morgan fingerprint density at radius 1 is 1.18 bits per heavy atom. The lowest BCUT2D eigenvalue weighted by Gasteiger charge is -2.08. The molecule has 4 aromatic rings. The zero-order valence-corrected chi connectivity index (χ0v) is 17.3. The summed E-state index contributed by atoms with van der Waals surface area (Å²) in [5, 5.41) is 15.8. The Hall–Kier alpha value is -2.64. The molecule has 142 valence electrons. The number of carbonyl (C=O) groups is 1. The molecule has 0 spiro atoms. The van der Waals surface area contributed by atoms with Crippen LogP contribution in [-0.2, 0) is 11.3 Å². The minimum atomic E-state index is -0.0520. The van der Waals surface area contributed by atoms with Gasteiger partial charge in [-0.15, -0.1) is 21.5 Å². The first-order valence-electron chi connectivity index (χ1n) is 9.05. The summed E-state index contributed by atoms with van der Waals surface area (Å²) in [6.45, 7) is 4.82. The van der Waals surface area contributed by atoms with Crippen molar-refractivity contribution in [3.8, 4) is 11.4 Å². The van der Waals surface area contributed by atoms with Crippen LogP contribution in [0.5, 0.6) is 0 Å². The molecule has 28 heavy (non-hydrogen) atoms. The summed E-state index contributed by atoms with van der Waals surface area (Å²) in [6, 6.07) is 16.1. The van der Waals surface area contributed by atoms with Gasteiger partial charge in [0.05, 0.1) is 5.75 Å². The monoisotopic (exact) mass is 408 g/mol. The maximum Gasteiger partial charge on any atom is 0.234 e. The number of benzene rings is 2. The molecule has 1 N–H and O–H groups in total. The quantitative estimate of drug-likeness (QED) is 0.445. The Balaban J connectivity index is 1.51. The number of anilines is 1.